The lowest BCUT2D eigenvalue weighted by Gasteiger charge is -2.41. The van der Waals surface area contributed by atoms with Crippen molar-refractivity contribution < 1.29 is 28.7 Å². The van der Waals surface area contributed by atoms with Gasteiger partial charge in [-0.25, -0.2) is 0 Å². The van der Waals surface area contributed by atoms with Crippen molar-refractivity contribution in [2.24, 2.45) is 5.92 Å². The molecule has 1 atom stereocenters. The molecule has 2 aliphatic heterocycles. The fourth-order valence-corrected chi connectivity index (χ4v) is 4.12. The molecule has 0 bridgehead atoms. The molecule has 2 saturated carbocycles. The SMILES string of the molecule is CCOC(=O)C1C(=O)CCN(C2CCC2)C1=O.O=C1CCN(C2CCC2)C(=O)C1. The number of rotatable bonds is 4. The van der Waals surface area contributed by atoms with Crippen LogP contribution in [0.1, 0.15) is 64.7 Å². The zero-order chi connectivity index (χ0) is 21.0. The summed E-state index contributed by atoms with van der Waals surface area (Å²) in [7, 11) is 0. The molecule has 1 unspecified atom stereocenters. The van der Waals surface area contributed by atoms with Crippen molar-refractivity contribution in [1.82, 2.24) is 9.80 Å². The van der Waals surface area contributed by atoms with Crippen molar-refractivity contribution >= 4 is 29.4 Å². The van der Waals surface area contributed by atoms with E-state index in [0.717, 1.165) is 32.1 Å². The van der Waals surface area contributed by atoms with Crippen LogP contribution >= 0.6 is 0 Å². The summed E-state index contributed by atoms with van der Waals surface area (Å²) in [4.78, 5) is 61.2. The summed E-state index contributed by atoms with van der Waals surface area (Å²) in [5, 5.41) is 0. The molecule has 29 heavy (non-hydrogen) atoms. The molecule has 0 aromatic heterocycles. The summed E-state index contributed by atoms with van der Waals surface area (Å²) in [6, 6.07) is 0.693. The van der Waals surface area contributed by atoms with E-state index in [-0.39, 0.29) is 48.9 Å². The van der Waals surface area contributed by atoms with Gasteiger partial charge >= 0.3 is 5.97 Å². The smallest absolute Gasteiger partial charge is 0.326 e. The van der Waals surface area contributed by atoms with Crippen LogP contribution < -0.4 is 0 Å². The summed E-state index contributed by atoms with van der Waals surface area (Å²) in [5.74, 6) is -2.39. The first-order valence-corrected chi connectivity index (χ1v) is 10.7. The number of amides is 2. The number of Topliss-reactive ketones (excluding diaryl/α,β-unsaturated/α-hetero) is 2. The Balaban J connectivity index is 0.000000176. The number of esters is 1. The fraction of sp³-hybridized carbons (Fsp3) is 0.762. The monoisotopic (exact) mass is 406 g/mol. The average molecular weight is 406 g/mol. The van der Waals surface area contributed by atoms with Gasteiger partial charge in [-0.3, -0.25) is 24.0 Å². The molecular weight excluding hydrogens is 376 g/mol. The number of ketones is 2. The zero-order valence-electron chi connectivity index (χ0n) is 17.1. The molecule has 0 aromatic rings. The van der Waals surface area contributed by atoms with E-state index in [9.17, 15) is 24.0 Å². The Labute approximate surface area is 170 Å². The van der Waals surface area contributed by atoms with E-state index in [1.54, 1.807) is 11.8 Å². The first-order valence-electron chi connectivity index (χ1n) is 10.7. The second-order valence-electron chi connectivity index (χ2n) is 8.16. The maximum atomic E-state index is 12.1. The molecule has 0 spiro atoms. The lowest BCUT2D eigenvalue weighted by Crippen LogP contribution is -2.55. The van der Waals surface area contributed by atoms with Gasteiger partial charge in [0.2, 0.25) is 11.8 Å². The number of piperidine rings is 2. The second kappa shape index (κ2) is 9.50. The second-order valence-corrected chi connectivity index (χ2v) is 8.16. The van der Waals surface area contributed by atoms with Crippen molar-refractivity contribution in [3.05, 3.63) is 0 Å². The Kier molecular flexibility index (Phi) is 7.03. The number of hydrogen-bond acceptors (Lipinski definition) is 6. The van der Waals surface area contributed by atoms with E-state index in [0.29, 0.717) is 25.6 Å². The fourth-order valence-electron chi connectivity index (χ4n) is 4.12. The molecular formula is C21H30N2O6. The van der Waals surface area contributed by atoms with Crippen molar-refractivity contribution in [3.63, 3.8) is 0 Å². The third-order valence-electron chi connectivity index (χ3n) is 6.30. The van der Waals surface area contributed by atoms with Crippen LogP contribution in [-0.4, -0.2) is 70.9 Å². The van der Waals surface area contributed by atoms with Gasteiger partial charge in [-0.05, 0) is 45.4 Å². The summed E-state index contributed by atoms with van der Waals surface area (Å²) in [6.07, 6.45) is 7.59. The predicted octanol–water partition coefficient (Wildman–Crippen LogP) is 1.25. The Hall–Kier alpha value is -2.25. The minimum Gasteiger partial charge on any atom is -0.465 e. The standard InChI is InChI=1S/C12H17NO4.C9H13NO2/c1-2-17-12(16)10-9(14)6-7-13(11(10)15)8-4-3-5-8;11-8-4-5-10(9(12)6-8)7-2-1-3-7/h8,10H,2-7H2,1H3;7H,1-6H2. The summed E-state index contributed by atoms with van der Waals surface area (Å²) >= 11 is 0. The van der Waals surface area contributed by atoms with Crippen LogP contribution in [0.3, 0.4) is 0 Å². The largest absolute Gasteiger partial charge is 0.465 e. The maximum absolute atomic E-state index is 12.1. The molecule has 2 heterocycles. The van der Waals surface area contributed by atoms with Gasteiger partial charge in [0.05, 0.1) is 13.0 Å². The number of carbonyl (C=O) groups excluding carboxylic acids is 5. The van der Waals surface area contributed by atoms with Gasteiger partial charge in [-0.15, -0.1) is 0 Å². The van der Waals surface area contributed by atoms with Gasteiger partial charge in [-0.2, -0.15) is 0 Å². The molecule has 0 radical (unpaired) electrons. The van der Waals surface area contributed by atoms with Crippen molar-refractivity contribution in [1.29, 1.82) is 0 Å². The number of nitrogens with zero attached hydrogens (tertiary/aromatic N) is 2. The van der Waals surface area contributed by atoms with Gasteiger partial charge < -0.3 is 14.5 Å². The van der Waals surface area contributed by atoms with Crippen LogP contribution in [-0.2, 0) is 28.7 Å². The maximum Gasteiger partial charge on any atom is 0.326 e. The molecule has 160 valence electrons. The van der Waals surface area contributed by atoms with E-state index >= 15 is 0 Å². The predicted molar refractivity (Wildman–Crippen MR) is 103 cm³/mol. The zero-order valence-corrected chi connectivity index (χ0v) is 17.1. The van der Waals surface area contributed by atoms with Crippen LogP contribution in [0.4, 0.5) is 0 Å². The molecule has 0 N–H and O–H groups in total. The highest BCUT2D eigenvalue weighted by Gasteiger charge is 2.44. The molecule has 4 fully saturated rings. The van der Waals surface area contributed by atoms with Crippen LogP contribution in [0.5, 0.6) is 0 Å². The number of carbonyl (C=O) groups is 5. The van der Waals surface area contributed by atoms with Crippen molar-refractivity contribution in [2.45, 2.75) is 76.8 Å². The molecule has 2 saturated heterocycles. The van der Waals surface area contributed by atoms with Crippen LogP contribution in [0.25, 0.3) is 0 Å². The third-order valence-corrected chi connectivity index (χ3v) is 6.30. The Bertz CT molecular complexity index is 683. The average Bonchev–Trinajstić information content (AvgIpc) is 2.57. The van der Waals surface area contributed by atoms with E-state index in [1.165, 1.54) is 6.42 Å². The lowest BCUT2D eigenvalue weighted by atomic mass is 9.87. The highest BCUT2D eigenvalue weighted by atomic mass is 16.5. The number of ether oxygens (including phenoxy) is 1. The summed E-state index contributed by atoms with van der Waals surface area (Å²) in [6.45, 7) is 2.99. The van der Waals surface area contributed by atoms with Gasteiger partial charge in [0.25, 0.3) is 0 Å². The first kappa shape index (κ1) is 21.5. The summed E-state index contributed by atoms with van der Waals surface area (Å²) < 4.78 is 4.79. The molecule has 2 amide bonds. The van der Waals surface area contributed by atoms with Gasteiger partial charge in [0.15, 0.2) is 11.7 Å². The molecule has 0 aromatic carbocycles. The molecule has 4 rings (SSSR count). The lowest BCUT2D eigenvalue weighted by molar-refractivity contribution is -0.163. The van der Waals surface area contributed by atoms with Gasteiger partial charge in [0.1, 0.15) is 5.78 Å². The third kappa shape index (κ3) is 4.85. The van der Waals surface area contributed by atoms with Crippen molar-refractivity contribution in [2.75, 3.05) is 19.7 Å². The Morgan fingerprint density at radius 2 is 1.52 bits per heavy atom. The number of likely N-dealkylation sites (tertiary alicyclic amines) is 2. The van der Waals surface area contributed by atoms with Crippen LogP contribution in [0.15, 0.2) is 0 Å². The highest BCUT2D eigenvalue weighted by Crippen LogP contribution is 2.29. The van der Waals surface area contributed by atoms with E-state index < -0.39 is 11.9 Å². The quantitative estimate of drug-likeness (QED) is 0.514. The molecule has 8 heteroatoms. The van der Waals surface area contributed by atoms with Crippen molar-refractivity contribution in [3.8, 4) is 0 Å². The van der Waals surface area contributed by atoms with E-state index in [1.807, 2.05) is 4.90 Å². The Morgan fingerprint density at radius 1 is 0.931 bits per heavy atom. The van der Waals surface area contributed by atoms with Crippen LogP contribution in [0.2, 0.25) is 0 Å². The molecule has 2 aliphatic carbocycles. The first-order chi connectivity index (χ1) is 13.9. The van der Waals surface area contributed by atoms with Crippen LogP contribution in [0, 0.1) is 5.92 Å². The topological polar surface area (TPSA) is 101 Å². The Morgan fingerprint density at radius 3 is 2.03 bits per heavy atom. The highest BCUT2D eigenvalue weighted by molar-refractivity contribution is 6.17. The molecule has 4 aliphatic rings. The van der Waals surface area contributed by atoms with E-state index in [4.69, 9.17) is 4.74 Å². The number of hydrogen-bond donors (Lipinski definition) is 0. The van der Waals surface area contributed by atoms with E-state index in [2.05, 4.69) is 0 Å². The summed E-state index contributed by atoms with van der Waals surface area (Å²) in [5.41, 5.74) is 0. The van der Waals surface area contributed by atoms with Gasteiger partial charge in [0, 0.05) is 38.0 Å². The van der Waals surface area contributed by atoms with Gasteiger partial charge in [-0.1, -0.05) is 0 Å². The molecule has 8 nitrogen and oxygen atoms in total. The normalized spacial score (nSPS) is 25.8. The minimum absolute atomic E-state index is 0.0518. The minimum atomic E-state index is -1.20.